The Morgan fingerprint density at radius 2 is 0.519 bits per heavy atom. The van der Waals surface area contributed by atoms with Crippen LogP contribution in [-0.4, -0.2) is 162 Å². The summed E-state index contributed by atoms with van der Waals surface area (Å²) < 4.78 is 0. The quantitative estimate of drug-likeness (QED) is 0.0265. The van der Waals surface area contributed by atoms with Crippen molar-refractivity contribution in [2.24, 2.45) is 52.3 Å². The van der Waals surface area contributed by atoms with Crippen molar-refractivity contribution >= 4 is 84.4 Å². The van der Waals surface area contributed by atoms with E-state index in [2.05, 4.69) is 73.1 Å². The van der Waals surface area contributed by atoms with Crippen LogP contribution in [0.2, 0.25) is 0 Å². The fourth-order valence-corrected chi connectivity index (χ4v) is 9.00. The van der Waals surface area contributed by atoms with Gasteiger partial charge in [0.2, 0.25) is 53.2 Å². The van der Waals surface area contributed by atoms with E-state index >= 15 is 0 Å². The number of carboxylic acids is 1. The Hall–Kier alpha value is -4.80. The number of carboxylic acid groups (broad SMARTS) is 1. The van der Waals surface area contributed by atoms with Gasteiger partial charge in [0.05, 0.1) is 6.04 Å². The molecule has 9 amide bonds. The van der Waals surface area contributed by atoms with E-state index in [0.717, 1.165) is 0 Å². The molecule has 0 radical (unpaired) electrons. The summed E-state index contributed by atoms with van der Waals surface area (Å²) in [7, 11) is 0. The number of amides is 9. The molecule has 0 aromatic rings. The lowest BCUT2D eigenvalue weighted by molar-refractivity contribution is -0.141. The molecule has 0 aromatic heterocycles. The summed E-state index contributed by atoms with van der Waals surface area (Å²) in [5.74, 6) is -8.22. The first kappa shape index (κ1) is 76.2. The van der Waals surface area contributed by atoms with Crippen molar-refractivity contribution in [3.8, 4) is 0 Å². The Labute approximate surface area is 491 Å². The molecule has 0 spiro atoms. The second-order valence-corrected chi connectivity index (χ2v) is 23.2. The van der Waals surface area contributed by atoms with Gasteiger partial charge >= 0.3 is 5.97 Å². The Morgan fingerprint density at radius 1 is 0.321 bits per heavy atom. The molecule has 81 heavy (non-hydrogen) atoms. The maximum absolute atomic E-state index is 14.4. The molecule has 0 bridgehead atoms. The van der Waals surface area contributed by atoms with Crippen molar-refractivity contribution in [1.29, 1.82) is 0 Å². The lowest BCUT2D eigenvalue weighted by atomic mass is 9.98. The maximum atomic E-state index is 14.4. The molecule has 27 heteroatoms. The minimum atomic E-state index is -1.31. The normalized spacial score (nSPS) is 15.2. The number of carbonyl (C=O) groups excluding carboxylic acids is 9. The molecule has 10 atom stereocenters. The molecule has 0 aliphatic heterocycles. The highest BCUT2D eigenvalue weighted by Gasteiger charge is 2.36. The summed E-state index contributed by atoms with van der Waals surface area (Å²) in [5, 5.41) is 34.0. The first-order valence-corrected chi connectivity index (χ1v) is 30.2. The second kappa shape index (κ2) is 42.9. The summed E-state index contributed by atoms with van der Waals surface area (Å²) in [6.07, 6.45) is 4.84. The van der Waals surface area contributed by atoms with E-state index in [0.29, 0.717) is 64.5 Å². The van der Waals surface area contributed by atoms with Gasteiger partial charge in [0, 0.05) is 11.5 Å². The van der Waals surface area contributed by atoms with Crippen LogP contribution in [-0.2, 0) is 47.9 Å². The van der Waals surface area contributed by atoms with Crippen molar-refractivity contribution in [1.82, 2.24) is 47.9 Å². The summed E-state index contributed by atoms with van der Waals surface area (Å²) >= 11 is 8.12. The Kier molecular flexibility index (Phi) is 40.4. The lowest BCUT2D eigenvalue weighted by Gasteiger charge is -2.29. The van der Waals surface area contributed by atoms with Crippen molar-refractivity contribution in [2.45, 2.75) is 219 Å². The molecule has 0 unspecified atom stereocenters. The molecule has 0 saturated carbocycles. The third-order valence-corrected chi connectivity index (χ3v) is 13.8. The van der Waals surface area contributed by atoms with Crippen LogP contribution in [0.25, 0.3) is 0 Å². The zero-order chi connectivity index (χ0) is 61.8. The molecule has 0 aliphatic carbocycles. The molecular weight excluding hydrogens is 1080 g/mol. The van der Waals surface area contributed by atoms with Gasteiger partial charge in [-0.25, -0.2) is 4.79 Å². The van der Waals surface area contributed by atoms with Crippen LogP contribution >= 0.6 is 25.3 Å². The smallest absolute Gasteiger partial charge is 0.327 e. The lowest BCUT2D eigenvalue weighted by Crippen LogP contribution is -2.61. The van der Waals surface area contributed by atoms with Crippen molar-refractivity contribution in [3.63, 3.8) is 0 Å². The highest BCUT2D eigenvalue weighted by atomic mass is 32.1. The summed E-state index contributed by atoms with van der Waals surface area (Å²) in [4.78, 5) is 137. The van der Waals surface area contributed by atoms with Crippen molar-refractivity contribution in [2.75, 3.05) is 37.7 Å². The fourth-order valence-electron chi connectivity index (χ4n) is 8.58. The van der Waals surface area contributed by atoms with Crippen molar-refractivity contribution in [3.05, 3.63) is 0 Å². The van der Waals surface area contributed by atoms with Crippen LogP contribution in [0.4, 0.5) is 0 Å². The maximum Gasteiger partial charge on any atom is 0.327 e. The van der Waals surface area contributed by atoms with Gasteiger partial charge in [0.15, 0.2) is 0 Å². The SMILES string of the molecule is CC(C)C[C@H](NC(=O)[C@H](CC(C)C)NC(=O)[C@H](CCCCN)NC(=O)[C@H](CCCCN)NC(=O)[C@H](CC(C)C)NC(=O)[C@H](CC(C)C)NC(=O)[C@H](CCCCN)NC(=O)[C@H](CCCCN)NC(=O)[C@@H](N)CS)C(=O)N[C@@H](CS)C(=O)O. The number of unbranched alkanes of at least 4 members (excludes halogenated alkanes) is 4. The average molecular weight is 1190 g/mol. The third-order valence-electron chi connectivity index (χ3n) is 13.0. The van der Waals surface area contributed by atoms with Gasteiger partial charge in [-0.1, -0.05) is 55.4 Å². The number of thiol groups is 2. The van der Waals surface area contributed by atoms with Crippen LogP contribution in [0.3, 0.4) is 0 Å². The number of aliphatic carboxylic acids is 1. The van der Waals surface area contributed by atoms with Crippen LogP contribution in [0.1, 0.15) is 158 Å². The fraction of sp³-hybridized carbons (Fsp3) is 0.815. The van der Waals surface area contributed by atoms with Gasteiger partial charge in [-0.3, -0.25) is 43.2 Å². The molecule has 0 aromatic carbocycles. The number of carbonyl (C=O) groups is 10. The van der Waals surface area contributed by atoms with Gasteiger partial charge in [-0.05, 0) is 153 Å². The summed E-state index contributed by atoms with van der Waals surface area (Å²) in [5.41, 5.74) is 29.0. The van der Waals surface area contributed by atoms with Gasteiger partial charge in [0.25, 0.3) is 0 Å². The highest BCUT2D eigenvalue weighted by molar-refractivity contribution is 7.80. The van der Waals surface area contributed by atoms with E-state index in [-0.39, 0.29) is 99.6 Å². The van der Waals surface area contributed by atoms with E-state index < -0.39 is 120 Å². The topological polar surface area (TPSA) is 429 Å². The minimum Gasteiger partial charge on any atom is -0.480 e. The first-order chi connectivity index (χ1) is 38.2. The van der Waals surface area contributed by atoms with E-state index in [1.807, 2.05) is 55.4 Å². The number of hydrogen-bond donors (Lipinski definition) is 17. The van der Waals surface area contributed by atoms with Crippen LogP contribution < -0.4 is 76.5 Å². The summed E-state index contributed by atoms with van der Waals surface area (Å²) in [6, 6.07) is -11.7. The third kappa shape index (κ3) is 32.6. The van der Waals surface area contributed by atoms with E-state index in [9.17, 15) is 53.1 Å². The Bertz CT molecular complexity index is 1940. The van der Waals surface area contributed by atoms with Gasteiger partial charge in [-0.2, -0.15) is 25.3 Å². The summed E-state index contributed by atoms with van der Waals surface area (Å²) in [6.45, 7) is 15.9. The van der Waals surface area contributed by atoms with Crippen LogP contribution in [0.15, 0.2) is 0 Å². The highest BCUT2D eigenvalue weighted by Crippen LogP contribution is 2.15. The molecule has 0 saturated heterocycles. The Balaban J connectivity index is 6.92. The zero-order valence-electron chi connectivity index (χ0n) is 49.5. The van der Waals surface area contributed by atoms with Gasteiger partial charge < -0.3 is 81.6 Å². The zero-order valence-corrected chi connectivity index (χ0v) is 51.2. The monoisotopic (exact) mass is 1190 g/mol. The van der Waals surface area contributed by atoms with E-state index in [4.69, 9.17) is 28.7 Å². The van der Waals surface area contributed by atoms with Gasteiger partial charge in [0.1, 0.15) is 54.4 Å². The van der Waals surface area contributed by atoms with E-state index in [1.165, 1.54) is 0 Å². The molecule has 20 N–H and O–H groups in total. The number of rotatable bonds is 45. The Morgan fingerprint density at radius 3 is 0.704 bits per heavy atom. The predicted octanol–water partition coefficient (Wildman–Crippen LogP) is -0.679. The molecule has 25 nitrogen and oxygen atoms in total. The molecule has 0 fully saturated rings. The first-order valence-electron chi connectivity index (χ1n) is 28.9. The molecule has 0 heterocycles. The standard InChI is InChI=1S/C54H104N14O11S2/c1-31(2)25-40(66-51(75)41(26-32(3)4)64-48(72)38(19-11-15-23-57)61-46(70)36(17-9-13-21-55)60-45(69)35(59)29-80)50(74)63-37(18-10-14-22-56)47(71)62-39(20-12-16-24-58)49(73)65-42(27-33(5)6)52(76)67-43(28-34(7)8)53(77)68-44(30-81)54(78)79/h31-44,80-81H,9-30,55-59H2,1-8H3,(H,60,69)(H,61,70)(H,62,71)(H,63,74)(H,64,72)(H,65,73)(H,66,75)(H,67,76)(H,68,77)(H,78,79)/t35-,36-,37-,38-,39-,40-,41-,42-,43-,44-/m0/s1. The molecule has 0 rings (SSSR count). The second-order valence-electron chi connectivity index (χ2n) is 22.5. The van der Waals surface area contributed by atoms with E-state index in [1.54, 1.807) is 0 Å². The minimum absolute atomic E-state index is 0.0297. The largest absolute Gasteiger partial charge is 0.480 e. The van der Waals surface area contributed by atoms with Crippen LogP contribution in [0.5, 0.6) is 0 Å². The number of hydrogen-bond acceptors (Lipinski definition) is 17. The molecule has 468 valence electrons. The van der Waals surface area contributed by atoms with Crippen LogP contribution in [0, 0.1) is 23.7 Å². The number of nitrogens with two attached hydrogens (primary N) is 5. The van der Waals surface area contributed by atoms with Crippen molar-refractivity contribution < 1.29 is 53.1 Å². The molecular formula is C54H104N14O11S2. The van der Waals surface area contributed by atoms with Gasteiger partial charge in [-0.15, -0.1) is 0 Å². The molecule has 0 aliphatic rings. The average Bonchev–Trinajstić information content (AvgIpc) is 3.40. The predicted molar refractivity (Wildman–Crippen MR) is 320 cm³/mol. The number of nitrogens with one attached hydrogen (secondary N) is 9.